The second-order valence-electron chi connectivity index (χ2n) is 4.04. The van der Waals surface area contributed by atoms with E-state index in [4.69, 9.17) is 9.47 Å². The van der Waals surface area contributed by atoms with Gasteiger partial charge in [0.15, 0.2) is 5.78 Å². The van der Waals surface area contributed by atoms with Crippen molar-refractivity contribution < 1.29 is 14.3 Å². The Morgan fingerprint density at radius 3 is 2.50 bits per heavy atom. The Labute approximate surface area is 117 Å². The molecule has 0 spiro atoms. The highest BCUT2D eigenvalue weighted by Crippen LogP contribution is 2.24. The highest BCUT2D eigenvalue weighted by atomic mass is 16.5. The van der Waals surface area contributed by atoms with E-state index in [1.807, 2.05) is 12.1 Å². The maximum absolute atomic E-state index is 12.2. The van der Waals surface area contributed by atoms with Gasteiger partial charge in [-0.15, -0.1) is 0 Å². The van der Waals surface area contributed by atoms with Crippen LogP contribution < -0.4 is 9.47 Å². The predicted octanol–water partition coefficient (Wildman–Crippen LogP) is 2.99. The quantitative estimate of drug-likeness (QED) is 0.618. The largest absolute Gasteiger partial charge is 0.497 e. The van der Waals surface area contributed by atoms with Crippen LogP contribution >= 0.6 is 0 Å². The van der Waals surface area contributed by atoms with Gasteiger partial charge in [0.05, 0.1) is 19.8 Å². The molecular formula is C16H15NO3. The lowest BCUT2D eigenvalue weighted by Gasteiger charge is -2.07. The van der Waals surface area contributed by atoms with E-state index in [2.05, 4.69) is 4.98 Å². The molecular weight excluding hydrogens is 254 g/mol. The van der Waals surface area contributed by atoms with Gasteiger partial charge in [0.2, 0.25) is 0 Å². The summed E-state index contributed by atoms with van der Waals surface area (Å²) < 4.78 is 10.3. The second kappa shape index (κ2) is 6.52. The minimum atomic E-state index is -0.141. The van der Waals surface area contributed by atoms with Crippen LogP contribution in [0.5, 0.6) is 11.5 Å². The van der Waals surface area contributed by atoms with Crippen molar-refractivity contribution in [2.45, 2.75) is 0 Å². The van der Waals surface area contributed by atoms with E-state index in [0.29, 0.717) is 17.1 Å². The SMILES string of the molecule is COc1ccc(OC)c(C(=O)/C=C/c2ccncc2)c1. The van der Waals surface area contributed by atoms with Crippen molar-refractivity contribution in [3.63, 3.8) is 0 Å². The zero-order valence-electron chi connectivity index (χ0n) is 11.4. The molecule has 2 rings (SSSR count). The topological polar surface area (TPSA) is 48.4 Å². The Morgan fingerprint density at radius 1 is 1.10 bits per heavy atom. The van der Waals surface area contributed by atoms with Crippen molar-refractivity contribution >= 4 is 11.9 Å². The van der Waals surface area contributed by atoms with Gasteiger partial charge in [-0.3, -0.25) is 9.78 Å². The number of methoxy groups -OCH3 is 2. The van der Waals surface area contributed by atoms with Gasteiger partial charge in [0.1, 0.15) is 11.5 Å². The second-order valence-corrected chi connectivity index (χ2v) is 4.04. The van der Waals surface area contributed by atoms with E-state index >= 15 is 0 Å². The third-order valence-electron chi connectivity index (χ3n) is 2.81. The van der Waals surface area contributed by atoms with Crippen LogP contribution in [0.25, 0.3) is 6.08 Å². The predicted molar refractivity (Wildman–Crippen MR) is 77.1 cm³/mol. The normalized spacial score (nSPS) is 10.5. The Balaban J connectivity index is 2.26. The number of hydrogen-bond donors (Lipinski definition) is 0. The number of aromatic nitrogens is 1. The zero-order chi connectivity index (χ0) is 14.4. The van der Waals surface area contributed by atoms with E-state index in [1.54, 1.807) is 43.8 Å². The van der Waals surface area contributed by atoms with Gasteiger partial charge in [0.25, 0.3) is 0 Å². The van der Waals surface area contributed by atoms with Crippen LogP contribution in [-0.2, 0) is 0 Å². The number of allylic oxidation sites excluding steroid dienone is 1. The van der Waals surface area contributed by atoms with E-state index in [-0.39, 0.29) is 5.78 Å². The van der Waals surface area contributed by atoms with E-state index in [9.17, 15) is 4.79 Å². The van der Waals surface area contributed by atoms with E-state index in [0.717, 1.165) is 5.56 Å². The molecule has 0 amide bonds. The number of rotatable bonds is 5. The summed E-state index contributed by atoms with van der Waals surface area (Å²) in [6.07, 6.45) is 6.60. The molecule has 0 aliphatic rings. The summed E-state index contributed by atoms with van der Waals surface area (Å²) >= 11 is 0. The zero-order valence-corrected chi connectivity index (χ0v) is 11.4. The molecule has 0 fully saturated rings. The molecule has 2 aromatic rings. The van der Waals surface area contributed by atoms with Gasteiger partial charge < -0.3 is 9.47 Å². The van der Waals surface area contributed by atoms with Crippen LogP contribution in [0.15, 0.2) is 48.8 Å². The number of hydrogen-bond acceptors (Lipinski definition) is 4. The summed E-state index contributed by atoms with van der Waals surface area (Å²) in [6.45, 7) is 0. The molecule has 0 radical (unpaired) electrons. The molecule has 0 saturated carbocycles. The molecule has 0 atom stereocenters. The highest BCUT2D eigenvalue weighted by molar-refractivity contribution is 6.08. The van der Waals surface area contributed by atoms with Gasteiger partial charge in [-0.25, -0.2) is 0 Å². The summed E-state index contributed by atoms with van der Waals surface area (Å²) in [6, 6.07) is 8.78. The molecule has 1 heterocycles. The minimum absolute atomic E-state index is 0.141. The number of ketones is 1. The van der Waals surface area contributed by atoms with Crippen LogP contribution in [0.2, 0.25) is 0 Å². The number of pyridine rings is 1. The Kier molecular flexibility index (Phi) is 4.50. The summed E-state index contributed by atoms with van der Waals surface area (Å²) in [7, 11) is 3.09. The molecule has 1 aromatic carbocycles. The van der Waals surface area contributed by atoms with Gasteiger partial charge in [-0.1, -0.05) is 6.08 Å². The molecule has 1 aromatic heterocycles. The molecule has 0 unspecified atom stereocenters. The first-order valence-electron chi connectivity index (χ1n) is 6.09. The van der Waals surface area contributed by atoms with Crippen molar-refractivity contribution in [3.05, 3.63) is 59.9 Å². The molecule has 102 valence electrons. The molecule has 4 heteroatoms. The Morgan fingerprint density at radius 2 is 1.85 bits per heavy atom. The highest BCUT2D eigenvalue weighted by Gasteiger charge is 2.10. The summed E-state index contributed by atoms with van der Waals surface area (Å²) in [5.41, 5.74) is 1.38. The summed E-state index contributed by atoms with van der Waals surface area (Å²) in [4.78, 5) is 16.2. The standard InChI is InChI=1S/C16H15NO3/c1-19-13-4-6-16(20-2)14(11-13)15(18)5-3-12-7-9-17-10-8-12/h3-11H,1-2H3/b5-3+. The van der Waals surface area contributed by atoms with Crippen molar-refractivity contribution in [1.82, 2.24) is 4.98 Å². The minimum Gasteiger partial charge on any atom is -0.497 e. The lowest BCUT2D eigenvalue weighted by molar-refractivity contribution is 0.104. The monoisotopic (exact) mass is 269 g/mol. The Bertz CT molecular complexity index is 621. The molecule has 0 N–H and O–H groups in total. The average Bonchev–Trinajstić information content (AvgIpc) is 2.52. The third-order valence-corrected chi connectivity index (χ3v) is 2.81. The number of carbonyl (C=O) groups is 1. The first-order chi connectivity index (χ1) is 9.74. The molecule has 0 bridgehead atoms. The fraction of sp³-hybridized carbons (Fsp3) is 0.125. The van der Waals surface area contributed by atoms with E-state index < -0.39 is 0 Å². The Hall–Kier alpha value is -2.62. The molecule has 20 heavy (non-hydrogen) atoms. The lowest BCUT2D eigenvalue weighted by atomic mass is 10.1. The fourth-order valence-electron chi connectivity index (χ4n) is 1.74. The number of benzene rings is 1. The van der Waals surface area contributed by atoms with E-state index in [1.165, 1.54) is 13.2 Å². The first-order valence-corrected chi connectivity index (χ1v) is 6.09. The van der Waals surface area contributed by atoms with Gasteiger partial charge in [-0.05, 0) is 42.0 Å². The maximum Gasteiger partial charge on any atom is 0.189 e. The molecule has 0 saturated heterocycles. The molecule has 0 aliphatic heterocycles. The van der Waals surface area contributed by atoms with Crippen LogP contribution in [0.4, 0.5) is 0 Å². The first kappa shape index (κ1) is 13.8. The fourth-order valence-corrected chi connectivity index (χ4v) is 1.74. The smallest absolute Gasteiger partial charge is 0.189 e. The van der Waals surface area contributed by atoms with Crippen LogP contribution in [0.3, 0.4) is 0 Å². The molecule has 4 nitrogen and oxygen atoms in total. The van der Waals surface area contributed by atoms with Gasteiger partial charge >= 0.3 is 0 Å². The van der Waals surface area contributed by atoms with Crippen LogP contribution in [-0.4, -0.2) is 25.0 Å². The number of nitrogens with zero attached hydrogens (tertiary/aromatic N) is 1. The van der Waals surface area contributed by atoms with Crippen molar-refractivity contribution in [3.8, 4) is 11.5 Å². The molecule has 0 aliphatic carbocycles. The van der Waals surface area contributed by atoms with Gasteiger partial charge in [-0.2, -0.15) is 0 Å². The van der Waals surface area contributed by atoms with Gasteiger partial charge in [0, 0.05) is 12.4 Å². The van der Waals surface area contributed by atoms with Crippen molar-refractivity contribution in [2.24, 2.45) is 0 Å². The van der Waals surface area contributed by atoms with Crippen LogP contribution in [0, 0.1) is 0 Å². The number of ether oxygens (including phenoxy) is 2. The average molecular weight is 269 g/mol. The van der Waals surface area contributed by atoms with Crippen LogP contribution in [0.1, 0.15) is 15.9 Å². The third kappa shape index (κ3) is 3.23. The van der Waals surface area contributed by atoms with Crippen molar-refractivity contribution in [1.29, 1.82) is 0 Å². The summed E-state index contributed by atoms with van der Waals surface area (Å²) in [5.74, 6) is 0.999. The summed E-state index contributed by atoms with van der Waals surface area (Å²) in [5, 5.41) is 0. The maximum atomic E-state index is 12.2. The lowest BCUT2D eigenvalue weighted by Crippen LogP contribution is -1.99. The van der Waals surface area contributed by atoms with Crippen molar-refractivity contribution in [2.75, 3.05) is 14.2 Å². The number of carbonyl (C=O) groups excluding carboxylic acids is 1.